The second-order valence-electron chi connectivity index (χ2n) is 4.05. The lowest BCUT2D eigenvalue weighted by atomic mass is 10.0. The van der Waals surface area contributed by atoms with Gasteiger partial charge < -0.3 is 0 Å². The van der Waals surface area contributed by atoms with Crippen molar-refractivity contribution in [3.8, 4) is 0 Å². The first-order valence-electron chi connectivity index (χ1n) is 5.68. The molecule has 94 valence electrons. The van der Waals surface area contributed by atoms with E-state index in [-0.39, 0.29) is 4.90 Å². The number of hydrogen-bond acceptors (Lipinski definition) is 4. The molecule has 3 rings (SSSR count). The van der Waals surface area contributed by atoms with Gasteiger partial charge in [0.05, 0.1) is 16.0 Å². The SMILES string of the molecule is O=S1(=O)C=CN=C(c2cccnc2)c2ccccc21. The fourth-order valence-electron chi connectivity index (χ4n) is 1.97. The van der Waals surface area contributed by atoms with Gasteiger partial charge in [0.25, 0.3) is 0 Å². The molecule has 0 atom stereocenters. The molecule has 19 heavy (non-hydrogen) atoms. The highest BCUT2D eigenvalue weighted by Gasteiger charge is 2.21. The molecule has 2 heterocycles. The van der Waals surface area contributed by atoms with Crippen LogP contribution in [0.1, 0.15) is 11.1 Å². The molecule has 0 N–H and O–H groups in total. The van der Waals surface area contributed by atoms with Gasteiger partial charge in [0.2, 0.25) is 9.84 Å². The standard InChI is InChI=1S/C14H10N2O2S/c17-19(18)9-8-16-14(11-4-3-7-15-10-11)12-5-1-2-6-13(12)19/h1-10H. The second kappa shape index (κ2) is 4.44. The molecule has 4 nitrogen and oxygen atoms in total. The molecule has 1 aromatic heterocycles. The first kappa shape index (κ1) is 11.8. The summed E-state index contributed by atoms with van der Waals surface area (Å²) in [7, 11) is -3.43. The lowest BCUT2D eigenvalue weighted by Gasteiger charge is -2.08. The molecule has 0 fully saturated rings. The van der Waals surface area contributed by atoms with Gasteiger partial charge in [-0.2, -0.15) is 0 Å². The summed E-state index contributed by atoms with van der Waals surface area (Å²) in [6, 6.07) is 10.5. The molecule has 0 amide bonds. The van der Waals surface area contributed by atoms with E-state index in [1.165, 1.54) is 6.20 Å². The maximum Gasteiger partial charge on any atom is 0.201 e. The van der Waals surface area contributed by atoms with Crippen molar-refractivity contribution < 1.29 is 8.42 Å². The third-order valence-corrected chi connectivity index (χ3v) is 4.28. The van der Waals surface area contributed by atoms with Crippen LogP contribution in [0.5, 0.6) is 0 Å². The zero-order chi connectivity index (χ0) is 13.3. The summed E-state index contributed by atoms with van der Waals surface area (Å²) in [6.07, 6.45) is 4.65. The van der Waals surface area contributed by atoms with Gasteiger partial charge in [-0.1, -0.05) is 18.2 Å². The maximum atomic E-state index is 12.1. The van der Waals surface area contributed by atoms with E-state index in [1.807, 2.05) is 6.07 Å². The first-order chi connectivity index (χ1) is 9.18. The number of sulfone groups is 1. The minimum Gasteiger partial charge on any atom is -0.264 e. The van der Waals surface area contributed by atoms with Gasteiger partial charge in [-0.15, -0.1) is 0 Å². The summed E-state index contributed by atoms with van der Waals surface area (Å²) in [5.74, 6) is 0. The van der Waals surface area contributed by atoms with Crippen LogP contribution in [0.3, 0.4) is 0 Å². The fraction of sp³-hybridized carbons (Fsp3) is 0. The molecule has 0 bridgehead atoms. The molecule has 0 aliphatic carbocycles. The predicted molar refractivity (Wildman–Crippen MR) is 72.6 cm³/mol. The first-order valence-corrected chi connectivity index (χ1v) is 7.22. The Labute approximate surface area is 111 Å². The van der Waals surface area contributed by atoms with Crippen molar-refractivity contribution in [1.82, 2.24) is 4.98 Å². The fourth-order valence-corrected chi connectivity index (χ4v) is 3.08. The van der Waals surface area contributed by atoms with Gasteiger partial charge in [0.15, 0.2) is 0 Å². The van der Waals surface area contributed by atoms with Gasteiger partial charge in [-0.3, -0.25) is 9.98 Å². The van der Waals surface area contributed by atoms with Crippen LogP contribution >= 0.6 is 0 Å². The smallest absolute Gasteiger partial charge is 0.201 e. The number of aromatic nitrogens is 1. The van der Waals surface area contributed by atoms with Gasteiger partial charge in [-0.05, 0) is 18.2 Å². The van der Waals surface area contributed by atoms with E-state index in [4.69, 9.17) is 0 Å². The van der Waals surface area contributed by atoms with Crippen molar-refractivity contribution in [3.63, 3.8) is 0 Å². The van der Waals surface area contributed by atoms with Gasteiger partial charge in [-0.25, -0.2) is 8.42 Å². The topological polar surface area (TPSA) is 59.4 Å². The lowest BCUT2D eigenvalue weighted by Crippen LogP contribution is -2.08. The van der Waals surface area contributed by atoms with Crippen LogP contribution in [0.15, 0.2) is 70.3 Å². The monoisotopic (exact) mass is 270 g/mol. The summed E-state index contributed by atoms with van der Waals surface area (Å²) >= 11 is 0. The van der Waals surface area contributed by atoms with Crippen molar-refractivity contribution in [2.75, 3.05) is 0 Å². The van der Waals surface area contributed by atoms with E-state index in [2.05, 4.69) is 9.98 Å². The molecule has 1 aliphatic heterocycles. The zero-order valence-corrected chi connectivity index (χ0v) is 10.7. The number of rotatable bonds is 1. The summed E-state index contributed by atoms with van der Waals surface area (Å²) < 4.78 is 24.2. The Hall–Kier alpha value is -2.27. The maximum absolute atomic E-state index is 12.1. The van der Waals surface area contributed by atoms with Gasteiger partial charge >= 0.3 is 0 Å². The Morgan fingerprint density at radius 2 is 1.84 bits per heavy atom. The third-order valence-electron chi connectivity index (χ3n) is 2.83. The summed E-state index contributed by atoms with van der Waals surface area (Å²) in [5, 5.41) is 1.12. The number of aliphatic imine (C=N–C) groups is 1. The Bertz CT molecular complexity index is 778. The number of nitrogens with zero attached hydrogens (tertiary/aromatic N) is 2. The zero-order valence-electron chi connectivity index (χ0n) is 9.89. The van der Waals surface area contributed by atoms with Crippen LogP contribution in [0, 0.1) is 0 Å². The summed E-state index contributed by atoms with van der Waals surface area (Å²) in [4.78, 5) is 8.56. The molecule has 0 saturated heterocycles. The second-order valence-corrected chi connectivity index (χ2v) is 5.85. The number of fused-ring (bicyclic) bond motifs is 1. The van der Waals surface area contributed by atoms with Crippen LogP contribution in [0.25, 0.3) is 0 Å². The van der Waals surface area contributed by atoms with Crippen molar-refractivity contribution in [2.45, 2.75) is 4.90 Å². The lowest BCUT2D eigenvalue weighted by molar-refractivity contribution is 0.604. The van der Waals surface area contributed by atoms with Crippen LogP contribution < -0.4 is 0 Å². The molecular weight excluding hydrogens is 260 g/mol. The third kappa shape index (κ3) is 2.08. The van der Waals surface area contributed by atoms with E-state index >= 15 is 0 Å². The minimum absolute atomic E-state index is 0.270. The van der Waals surface area contributed by atoms with Crippen LogP contribution in [-0.4, -0.2) is 19.1 Å². The Morgan fingerprint density at radius 3 is 2.63 bits per heavy atom. The highest BCUT2D eigenvalue weighted by atomic mass is 32.2. The van der Waals surface area contributed by atoms with Gasteiger partial charge in [0, 0.05) is 29.7 Å². The Kier molecular flexibility index (Phi) is 2.76. The average molecular weight is 270 g/mol. The molecule has 1 aliphatic rings. The Morgan fingerprint density at radius 1 is 1.00 bits per heavy atom. The van der Waals surface area contributed by atoms with E-state index in [9.17, 15) is 8.42 Å². The summed E-state index contributed by atoms with van der Waals surface area (Å²) in [5.41, 5.74) is 2.00. The highest BCUT2D eigenvalue weighted by molar-refractivity contribution is 7.94. The molecule has 2 aromatic rings. The van der Waals surface area contributed by atoms with Crippen molar-refractivity contribution >= 4 is 15.5 Å². The average Bonchev–Trinajstić information content (AvgIpc) is 2.57. The van der Waals surface area contributed by atoms with Gasteiger partial charge in [0.1, 0.15) is 0 Å². The Balaban J connectivity index is 2.29. The molecule has 5 heteroatoms. The number of benzene rings is 1. The van der Waals surface area contributed by atoms with Crippen LogP contribution in [0.2, 0.25) is 0 Å². The van der Waals surface area contributed by atoms with Crippen LogP contribution in [-0.2, 0) is 9.84 Å². The summed E-state index contributed by atoms with van der Waals surface area (Å²) in [6.45, 7) is 0. The van der Waals surface area contributed by atoms with Crippen molar-refractivity contribution in [1.29, 1.82) is 0 Å². The molecular formula is C14H10N2O2S. The highest BCUT2D eigenvalue weighted by Crippen LogP contribution is 2.24. The van der Waals surface area contributed by atoms with E-state index in [1.54, 1.807) is 42.7 Å². The predicted octanol–water partition coefficient (Wildman–Crippen LogP) is 2.18. The van der Waals surface area contributed by atoms with E-state index in [0.717, 1.165) is 11.0 Å². The minimum atomic E-state index is -3.43. The quantitative estimate of drug-likeness (QED) is 0.798. The van der Waals surface area contributed by atoms with Crippen LogP contribution in [0.4, 0.5) is 0 Å². The number of hydrogen-bond donors (Lipinski definition) is 0. The van der Waals surface area contributed by atoms with E-state index < -0.39 is 9.84 Å². The molecule has 0 spiro atoms. The normalized spacial score (nSPS) is 16.3. The molecule has 0 unspecified atom stereocenters. The molecule has 1 aromatic carbocycles. The largest absolute Gasteiger partial charge is 0.264 e. The number of pyridine rings is 1. The van der Waals surface area contributed by atoms with Crippen molar-refractivity contribution in [2.24, 2.45) is 4.99 Å². The van der Waals surface area contributed by atoms with Crippen molar-refractivity contribution in [3.05, 3.63) is 71.5 Å². The molecule has 0 saturated carbocycles. The molecule has 0 radical (unpaired) electrons. The van der Waals surface area contributed by atoms with E-state index in [0.29, 0.717) is 11.3 Å².